The Hall–Kier alpha value is -2.28. The van der Waals surface area contributed by atoms with E-state index >= 15 is 0 Å². The highest BCUT2D eigenvalue weighted by Crippen LogP contribution is 2.16. The van der Waals surface area contributed by atoms with E-state index in [0.29, 0.717) is 13.0 Å². The maximum Gasteiger partial charge on any atom is 0.407 e. The third kappa shape index (κ3) is 4.42. The van der Waals surface area contributed by atoms with Gasteiger partial charge in [0.25, 0.3) is 11.1 Å². The molecule has 1 N–H and O–H groups in total. The quantitative estimate of drug-likeness (QED) is 0.840. The van der Waals surface area contributed by atoms with Crippen molar-refractivity contribution < 1.29 is 9.53 Å². The van der Waals surface area contributed by atoms with Gasteiger partial charge in [0, 0.05) is 20.1 Å². The Morgan fingerprint density at radius 2 is 1.92 bits per heavy atom. The summed E-state index contributed by atoms with van der Waals surface area (Å²) in [6.45, 7) is 5.94. The number of rotatable bonds is 4. The van der Waals surface area contributed by atoms with Crippen LogP contribution in [0.4, 0.5) is 4.79 Å². The molecule has 2 rings (SSSR count). The van der Waals surface area contributed by atoms with Gasteiger partial charge in [-0.05, 0) is 39.3 Å². The SMILES string of the molecule is Cn1c(=O)c2c(Cl)cccc2c(=O)n1CCCNC(=O)OC(C)(C)C. The lowest BCUT2D eigenvalue weighted by atomic mass is 10.2. The lowest BCUT2D eigenvalue weighted by Crippen LogP contribution is -2.38. The number of hydrogen-bond acceptors (Lipinski definition) is 4. The Kier molecular flexibility index (Phi) is 5.57. The number of hydrogen-bond donors (Lipinski definition) is 1. The minimum absolute atomic E-state index is 0.222. The number of ether oxygens (including phenoxy) is 1. The van der Waals surface area contributed by atoms with Crippen molar-refractivity contribution in [3.63, 3.8) is 0 Å². The van der Waals surface area contributed by atoms with Gasteiger partial charge in [-0.2, -0.15) is 0 Å². The molecule has 0 radical (unpaired) electrons. The zero-order valence-corrected chi connectivity index (χ0v) is 15.5. The molecular weight excluding hydrogens is 346 g/mol. The van der Waals surface area contributed by atoms with Crippen LogP contribution >= 0.6 is 11.6 Å². The van der Waals surface area contributed by atoms with E-state index in [2.05, 4.69) is 5.32 Å². The number of nitrogens with one attached hydrogen (secondary N) is 1. The van der Waals surface area contributed by atoms with Gasteiger partial charge in [-0.1, -0.05) is 17.7 Å². The molecule has 0 spiro atoms. The van der Waals surface area contributed by atoms with Gasteiger partial charge >= 0.3 is 6.09 Å². The molecular formula is C17H22ClN3O4. The largest absolute Gasteiger partial charge is 0.444 e. The number of carbonyl (C=O) groups excluding carboxylic acids is 1. The predicted octanol–water partition coefficient (Wildman–Crippen LogP) is 2.27. The molecule has 2 aromatic rings. The van der Waals surface area contributed by atoms with Crippen LogP contribution in [0.3, 0.4) is 0 Å². The van der Waals surface area contributed by atoms with Crippen molar-refractivity contribution in [2.75, 3.05) is 6.54 Å². The van der Waals surface area contributed by atoms with Gasteiger partial charge in [0.05, 0.1) is 15.8 Å². The first-order chi connectivity index (χ1) is 11.6. The second-order valence-electron chi connectivity index (χ2n) is 6.70. The summed E-state index contributed by atoms with van der Waals surface area (Å²) in [6, 6.07) is 4.81. The summed E-state index contributed by atoms with van der Waals surface area (Å²) in [6.07, 6.45) is -0.0441. The molecule has 0 unspecified atom stereocenters. The number of amides is 1. The first-order valence-electron chi connectivity index (χ1n) is 7.97. The normalized spacial score (nSPS) is 11.6. The Bertz CT molecular complexity index is 909. The first-order valence-corrected chi connectivity index (χ1v) is 8.35. The molecule has 1 aromatic carbocycles. The van der Waals surface area contributed by atoms with Crippen molar-refractivity contribution in [2.45, 2.75) is 39.3 Å². The highest BCUT2D eigenvalue weighted by Gasteiger charge is 2.16. The topological polar surface area (TPSA) is 82.3 Å². The highest BCUT2D eigenvalue weighted by molar-refractivity contribution is 6.35. The summed E-state index contributed by atoms with van der Waals surface area (Å²) in [5.74, 6) is 0. The molecule has 136 valence electrons. The van der Waals surface area contributed by atoms with Crippen LogP contribution in [0.15, 0.2) is 27.8 Å². The summed E-state index contributed by atoms with van der Waals surface area (Å²) in [5, 5.41) is 3.39. The number of nitrogens with zero attached hydrogens (tertiary/aromatic N) is 2. The van der Waals surface area contributed by atoms with Gasteiger partial charge in [-0.15, -0.1) is 0 Å². The van der Waals surface area contributed by atoms with Crippen LogP contribution in [-0.2, 0) is 18.3 Å². The number of halogens is 1. The molecule has 25 heavy (non-hydrogen) atoms. The molecule has 0 fully saturated rings. The molecule has 1 amide bonds. The zero-order chi connectivity index (χ0) is 18.8. The van der Waals surface area contributed by atoms with E-state index in [4.69, 9.17) is 16.3 Å². The maximum atomic E-state index is 12.6. The number of aromatic nitrogens is 2. The van der Waals surface area contributed by atoms with E-state index < -0.39 is 11.7 Å². The number of alkyl carbamates (subject to hydrolysis) is 1. The third-order valence-corrected chi connectivity index (χ3v) is 3.88. The Morgan fingerprint density at radius 1 is 1.24 bits per heavy atom. The molecule has 0 aliphatic carbocycles. The molecule has 0 saturated carbocycles. The van der Waals surface area contributed by atoms with Gasteiger partial charge in [-0.3, -0.25) is 14.3 Å². The van der Waals surface area contributed by atoms with Crippen molar-refractivity contribution in [2.24, 2.45) is 7.05 Å². The zero-order valence-electron chi connectivity index (χ0n) is 14.8. The molecule has 7 nitrogen and oxygen atoms in total. The fourth-order valence-corrected chi connectivity index (χ4v) is 2.71. The van der Waals surface area contributed by atoms with Crippen molar-refractivity contribution >= 4 is 28.5 Å². The Balaban J connectivity index is 2.14. The molecule has 0 aliphatic heterocycles. The second kappa shape index (κ2) is 7.31. The average Bonchev–Trinajstić information content (AvgIpc) is 2.50. The standard InChI is InChI=1S/C17H22ClN3O4/c1-17(2,3)25-16(24)19-9-6-10-21-14(22)11-7-5-8-12(18)13(11)15(23)20(21)4/h5,7-8H,6,9-10H2,1-4H3,(H,19,24). The van der Waals surface area contributed by atoms with E-state index in [1.807, 2.05) is 0 Å². The van der Waals surface area contributed by atoms with Crippen LogP contribution in [0.25, 0.3) is 10.8 Å². The fourth-order valence-electron chi connectivity index (χ4n) is 2.45. The van der Waals surface area contributed by atoms with Crippen molar-refractivity contribution in [1.29, 1.82) is 0 Å². The average molecular weight is 368 g/mol. The van der Waals surface area contributed by atoms with Gasteiger partial charge in [0.2, 0.25) is 0 Å². The van der Waals surface area contributed by atoms with Crippen molar-refractivity contribution in [3.05, 3.63) is 43.9 Å². The molecule has 0 atom stereocenters. The predicted molar refractivity (Wildman–Crippen MR) is 97.3 cm³/mol. The minimum atomic E-state index is -0.567. The van der Waals surface area contributed by atoms with Crippen molar-refractivity contribution in [3.8, 4) is 0 Å². The summed E-state index contributed by atoms with van der Waals surface area (Å²) in [7, 11) is 1.52. The summed E-state index contributed by atoms with van der Waals surface area (Å²) in [5.41, 5.74) is -1.19. The second-order valence-corrected chi connectivity index (χ2v) is 7.11. The summed E-state index contributed by atoms with van der Waals surface area (Å²) >= 11 is 6.05. The minimum Gasteiger partial charge on any atom is -0.444 e. The van der Waals surface area contributed by atoms with Gasteiger partial charge in [0.15, 0.2) is 0 Å². The van der Waals surface area contributed by atoms with Gasteiger partial charge < -0.3 is 10.1 Å². The summed E-state index contributed by atoms with van der Waals surface area (Å²) < 4.78 is 7.74. The number of carbonyl (C=O) groups is 1. The fraction of sp³-hybridized carbons (Fsp3) is 0.471. The third-order valence-electron chi connectivity index (χ3n) is 3.56. The number of fused-ring (bicyclic) bond motifs is 1. The maximum absolute atomic E-state index is 12.6. The van der Waals surface area contributed by atoms with E-state index in [0.717, 1.165) is 0 Å². The van der Waals surface area contributed by atoms with Crippen LogP contribution in [0, 0.1) is 0 Å². The molecule has 8 heteroatoms. The van der Waals surface area contributed by atoms with E-state index in [1.54, 1.807) is 39.0 Å². The van der Waals surface area contributed by atoms with Crippen LogP contribution in [-0.4, -0.2) is 27.6 Å². The lowest BCUT2D eigenvalue weighted by Gasteiger charge is -2.19. The van der Waals surface area contributed by atoms with Crippen LogP contribution in [0.5, 0.6) is 0 Å². The lowest BCUT2D eigenvalue weighted by molar-refractivity contribution is 0.0526. The monoisotopic (exact) mass is 367 g/mol. The van der Waals surface area contributed by atoms with Gasteiger partial charge in [0.1, 0.15) is 5.60 Å². The van der Waals surface area contributed by atoms with Crippen LogP contribution in [0.1, 0.15) is 27.2 Å². The molecule has 1 aromatic heterocycles. The summed E-state index contributed by atoms with van der Waals surface area (Å²) in [4.78, 5) is 36.6. The van der Waals surface area contributed by atoms with Gasteiger partial charge in [-0.25, -0.2) is 9.48 Å². The highest BCUT2D eigenvalue weighted by atomic mass is 35.5. The van der Waals surface area contributed by atoms with E-state index in [9.17, 15) is 14.4 Å². The van der Waals surface area contributed by atoms with E-state index in [-0.39, 0.29) is 33.5 Å². The Morgan fingerprint density at radius 3 is 2.56 bits per heavy atom. The number of benzene rings is 1. The molecule has 0 saturated heterocycles. The van der Waals surface area contributed by atoms with Crippen molar-refractivity contribution in [1.82, 2.24) is 14.7 Å². The smallest absolute Gasteiger partial charge is 0.407 e. The molecule has 0 bridgehead atoms. The van der Waals surface area contributed by atoms with Crippen LogP contribution < -0.4 is 16.4 Å². The molecule has 1 heterocycles. The van der Waals surface area contributed by atoms with E-state index in [1.165, 1.54) is 16.4 Å². The first kappa shape index (κ1) is 19.1. The molecule has 0 aliphatic rings. The van der Waals surface area contributed by atoms with Crippen LogP contribution in [0.2, 0.25) is 5.02 Å². The Labute approximate surface area is 150 Å².